The normalized spacial score (nSPS) is 11.6. The second-order valence-corrected chi connectivity index (χ2v) is 11.5. The number of anilines is 1. The van der Waals surface area contributed by atoms with Gasteiger partial charge in [0, 0.05) is 24.2 Å². The van der Waals surface area contributed by atoms with Gasteiger partial charge in [-0.15, -0.1) is 0 Å². The molecule has 0 atom stereocenters. The van der Waals surface area contributed by atoms with Gasteiger partial charge in [0.25, 0.3) is 0 Å². The van der Waals surface area contributed by atoms with Crippen molar-refractivity contribution in [3.8, 4) is 16.9 Å². The number of nitrogens with one attached hydrogen (secondary N) is 1. The first kappa shape index (κ1) is 29.8. The SMILES string of the molecule is CCCCc1nc2ccc(NC(=O)CN(C)C)cc2n1Cc1ccc(-c2ccccc2OC(=O)OC(C)(C)C)cc1. The van der Waals surface area contributed by atoms with Gasteiger partial charge in [0.1, 0.15) is 17.2 Å². The quantitative estimate of drug-likeness (QED) is 0.169. The number of aryl methyl sites for hydroxylation is 1. The molecule has 8 nitrogen and oxygen atoms in total. The number of likely N-dealkylation sites (N-methyl/N-ethyl adjacent to an activating group) is 1. The number of amides is 1. The molecular formula is C33H40N4O4. The largest absolute Gasteiger partial charge is 0.514 e. The van der Waals surface area contributed by atoms with Gasteiger partial charge in [0.2, 0.25) is 5.91 Å². The van der Waals surface area contributed by atoms with E-state index in [9.17, 15) is 9.59 Å². The summed E-state index contributed by atoms with van der Waals surface area (Å²) in [4.78, 5) is 31.4. The lowest BCUT2D eigenvalue weighted by Crippen LogP contribution is -2.27. The van der Waals surface area contributed by atoms with E-state index in [0.717, 1.165) is 58.5 Å². The number of rotatable bonds is 10. The van der Waals surface area contributed by atoms with Crippen molar-refractivity contribution in [2.75, 3.05) is 26.0 Å². The van der Waals surface area contributed by atoms with Crippen LogP contribution in [0.15, 0.2) is 66.7 Å². The van der Waals surface area contributed by atoms with Crippen LogP contribution in [0, 0.1) is 0 Å². The third kappa shape index (κ3) is 8.17. The average molecular weight is 557 g/mol. The Hall–Kier alpha value is -4.17. The number of unbranched alkanes of at least 4 members (excludes halogenated alkanes) is 1. The van der Waals surface area contributed by atoms with Crippen molar-refractivity contribution in [2.24, 2.45) is 0 Å². The van der Waals surface area contributed by atoms with E-state index in [1.807, 2.05) is 67.5 Å². The standard InChI is InChI=1S/C33H40N4O4/c1-7-8-13-30-35-27-19-18-25(34-31(38)22-36(5)6)20-28(27)37(30)21-23-14-16-24(17-15-23)26-11-9-10-12-29(26)40-32(39)41-33(2,3)4/h9-12,14-20H,7-8,13,21-22H2,1-6H3,(H,34,38). The lowest BCUT2D eigenvalue weighted by molar-refractivity contribution is -0.116. The number of benzene rings is 3. The minimum atomic E-state index is -0.731. The van der Waals surface area contributed by atoms with Crippen molar-refractivity contribution in [1.29, 1.82) is 0 Å². The molecule has 0 spiro atoms. The van der Waals surface area contributed by atoms with Crippen LogP contribution in [0.25, 0.3) is 22.2 Å². The van der Waals surface area contributed by atoms with E-state index in [0.29, 0.717) is 18.8 Å². The number of carbonyl (C=O) groups is 2. The second-order valence-electron chi connectivity index (χ2n) is 11.5. The Bertz CT molecular complexity index is 1500. The van der Waals surface area contributed by atoms with Crippen LogP contribution in [0.3, 0.4) is 0 Å². The van der Waals surface area contributed by atoms with E-state index < -0.39 is 11.8 Å². The lowest BCUT2D eigenvalue weighted by atomic mass is 10.0. The first-order chi connectivity index (χ1) is 19.5. The van der Waals surface area contributed by atoms with Crippen molar-refractivity contribution in [3.63, 3.8) is 0 Å². The molecule has 0 saturated carbocycles. The maximum atomic E-state index is 12.4. The van der Waals surface area contributed by atoms with Gasteiger partial charge < -0.3 is 24.3 Å². The second kappa shape index (κ2) is 13.0. The van der Waals surface area contributed by atoms with Gasteiger partial charge in [-0.2, -0.15) is 0 Å². The monoisotopic (exact) mass is 556 g/mol. The van der Waals surface area contributed by atoms with E-state index in [1.54, 1.807) is 26.8 Å². The molecule has 0 aliphatic carbocycles. The van der Waals surface area contributed by atoms with Gasteiger partial charge in [-0.1, -0.05) is 55.8 Å². The summed E-state index contributed by atoms with van der Waals surface area (Å²) in [7, 11) is 3.74. The summed E-state index contributed by atoms with van der Waals surface area (Å²) in [5.41, 5.74) is 4.85. The van der Waals surface area contributed by atoms with E-state index in [-0.39, 0.29) is 5.91 Å². The smallest absolute Gasteiger partial charge is 0.428 e. The van der Waals surface area contributed by atoms with Crippen LogP contribution < -0.4 is 10.1 Å². The molecule has 0 fully saturated rings. The molecule has 3 aromatic carbocycles. The van der Waals surface area contributed by atoms with Crippen molar-refractivity contribution < 1.29 is 19.1 Å². The fourth-order valence-corrected chi connectivity index (χ4v) is 4.57. The van der Waals surface area contributed by atoms with Gasteiger partial charge >= 0.3 is 6.16 Å². The van der Waals surface area contributed by atoms with Crippen LogP contribution in [0.1, 0.15) is 51.9 Å². The van der Waals surface area contributed by atoms with Crippen LogP contribution >= 0.6 is 0 Å². The number of imidazole rings is 1. The van der Waals surface area contributed by atoms with Gasteiger partial charge in [-0.25, -0.2) is 9.78 Å². The Labute approximate surface area is 242 Å². The molecular weight excluding hydrogens is 516 g/mol. The van der Waals surface area contributed by atoms with E-state index >= 15 is 0 Å². The van der Waals surface area contributed by atoms with Gasteiger partial charge in [0.05, 0.1) is 17.6 Å². The predicted octanol–water partition coefficient (Wildman–Crippen LogP) is 6.91. The third-order valence-corrected chi connectivity index (χ3v) is 6.40. The van der Waals surface area contributed by atoms with E-state index in [4.69, 9.17) is 14.5 Å². The number of aromatic nitrogens is 2. The van der Waals surface area contributed by atoms with E-state index in [1.165, 1.54) is 0 Å². The average Bonchev–Trinajstić information content (AvgIpc) is 3.23. The highest BCUT2D eigenvalue weighted by Crippen LogP contribution is 2.31. The lowest BCUT2D eigenvalue weighted by Gasteiger charge is -2.19. The van der Waals surface area contributed by atoms with Gasteiger partial charge in [-0.05, 0) is 76.7 Å². The predicted molar refractivity (Wildman–Crippen MR) is 163 cm³/mol. The Balaban J connectivity index is 1.59. The molecule has 0 aliphatic heterocycles. The zero-order valence-electron chi connectivity index (χ0n) is 24.9. The van der Waals surface area contributed by atoms with E-state index in [2.05, 4.69) is 28.9 Å². The first-order valence-corrected chi connectivity index (χ1v) is 14.1. The number of fused-ring (bicyclic) bond motifs is 1. The summed E-state index contributed by atoms with van der Waals surface area (Å²) in [6, 6.07) is 21.5. The summed E-state index contributed by atoms with van der Waals surface area (Å²) in [6.45, 7) is 8.54. The summed E-state index contributed by atoms with van der Waals surface area (Å²) >= 11 is 0. The number of para-hydroxylation sites is 1. The molecule has 1 amide bonds. The van der Waals surface area contributed by atoms with Crippen molar-refractivity contribution in [2.45, 2.75) is 59.1 Å². The molecule has 1 aromatic heterocycles. The molecule has 0 aliphatic rings. The highest BCUT2D eigenvalue weighted by atomic mass is 16.7. The Morgan fingerprint density at radius 1 is 1.00 bits per heavy atom. The third-order valence-electron chi connectivity index (χ3n) is 6.40. The molecule has 0 radical (unpaired) electrons. The Kier molecular flexibility index (Phi) is 9.45. The maximum absolute atomic E-state index is 12.4. The molecule has 216 valence electrons. The molecule has 1 heterocycles. The zero-order valence-corrected chi connectivity index (χ0v) is 24.9. The Morgan fingerprint density at radius 2 is 1.73 bits per heavy atom. The van der Waals surface area contributed by atoms with Crippen LogP contribution in [0.2, 0.25) is 0 Å². The number of hydrogen-bond donors (Lipinski definition) is 1. The first-order valence-electron chi connectivity index (χ1n) is 14.1. The van der Waals surface area contributed by atoms with Crippen LogP contribution in [0.4, 0.5) is 10.5 Å². The van der Waals surface area contributed by atoms with Crippen LogP contribution in [0.5, 0.6) is 5.75 Å². The fraction of sp³-hybridized carbons (Fsp3) is 0.364. The maximum Gasteiger partial charge on any atom is 0.514 e. The highest BCUT2D eigenvalue weighted by Gasteiger charge is 2.20. The molecule has 41 heavy (non-hydrogen) atoms. The molecule has 0 saturated heterocycles. The number of nitrogens with zero attached hydrogens (tertiary/aromatic N) is 3. The highest BCUT2D eigenvalue weighted by molar-refractivity contribution is 5.94. The zero-order chi connectivity index (χ0) is 29.6. The van der Waals surface area contributed by atoms with Crippen molar-refractivity contribution >= 4 is 28.8 Å². The molecule has 4 aromatic rings. The topological polar surface area (TPSA) is 85.7 Å². The summed E-state index contributed by atoms with van der Waals surface area (Å²) < 4.78 is 13.1. The summed E-state index contributed by atoms with van der Waals surface area (Å²) in [5, 5.41) is 3.00. The van der Waals surface area contributed by atoms with Gasteiger partial charge in [0.15, 0.2) is 0 Å². The van der Waals surface area contributed by atoms with Crippen molar-refractivity contribution in [3.05, 3.63) is 78.1 Å². The number of carbonyl (C=O) groups excluding carboxylic acids is 2. The number of hydrogen-bond acceptors (Lipinski definition) is 6. The van der Waals surface area contributed by atoms with Crippen LogP contribution in [-0.2, 0) is 22.5 Å². The molecule has 8 heteroatoms. The summed E-state index contributed by atoms with van der Waals surface area (Å²) in [5.74, 6) is 1.41. The minimum absolute atomic E-state index is 0.0573. The van der Waals surface area contributed by atoms with Crippen LogP contribution in [-0.4, -0.2) is 52.8 Å². The van der Waals surface area contributed by atoms with Gasteiger partial charge in [-0.3, -0.25) is 4.79 Å². The molecule has 0 unspecified atom stereocenters. The number of ether oxygens (including phenoxy) is 2. The molecule has 4 rings (SSSR count). The fourth-order valence-electron chi connectivity index (χ4n) is 4.57. The molecule has 0 bridgehead atoms. The van der Waals surface area contributed by atoms with Crippen molar-refractivity contribution in [1.82, 2.24) is 14.5 Å². The molecule has 1 N–H and O–H groups in total. The Morgan fingerprint density at radius 3 is 2.41 bits per heavy atom. The summed E-state index contributed by atoms with van der Waals surface area (Å²) in [6.07, 6.45) is 2.27. The minimum Gasteiger partial charge on any atom is -0.428 e.